The van der Waals surface area contributed by atoms with Crippen molar-refractivity contribution in [2.24, 2.45) is 0 Å². The van der Waals surface area contributed by atoms with E-state index in [1.807, 2.05) is 37.3 Å². The molecule has 0 amide bonds. The quantitative estimate of drug-likeness (QED) is 0.907. The molecule has 1 aliphatic rings. The number of hydrogen-bond acceptors (Lipinski definition) is 4. The molecule has 0 saturated heterocycles. The lowest BCUT2D eigenvalue weighted by Gasteiger charge is -2.14. The SMILES string of the molecule is CCOc1cccnc1NCC1Cc2ccccc2O1. The number of nitrogens with one attached hydrogen (secondary N) is 1. The molecule has 1 N–H and O–H groups in total. The van der Waals surface area contributed by atoms with Crippen molar-refractivity contribution in [2.75, 3.05) is 18.5 Å². The second-order valence-corrected chi connectivity index (χ2v) is 4.72. The predicted molar refractivity (Wildman–Crippen MR) is 78.5 cm³/mol. The summed E-state index contributed by atoms with van der Waals surface area (Å²) in [5.74, 6) is 2.55. The molecule has 0 aliphatic carbocycles. The maximum Gasteiger partial charge on any atom is 0.168 e. The van der Waals surface area contributed by atoms with Gasteiger partial charge in [-0.25, -0.2) is 4.98 Å². The van der Waals surface area contributed by atoms with Crippen LogP contribution in [0.1, 0.15) is 12.5 Å². The summed E-state index contributed by atoms with van der Waals surface area (Å²) in [6.45, 7) is 3.31. The van der Waals surface area contributed by atoms with Crippen LogP contribution in [0, 0.1) is 0 Å². The molecule has 20 heavy (non-hydrogen) atoms. The summed E-state index contributed by atoms with van der Waals surface area (Å²) < 4.78 is 11.4. The van der Waals surface area contributed by atoms with Gasteiger partial charge in [-0.3, -0.25) is 0 Å². The Kier molecular flexibility index (Phi) is 3.72. The van der Waals surface area contributed by atoms with Crippen LogP contribution in [0.25, 0.3) is 0 Å². The molecule has 1 aromatic heterocycles. The smallest absolute Gasteiger partial charge is 0.168 e. The number of benzene rings is 1. The molecule has 0 saturated carbocycles. The molecule has 3 rings (SSSR count). The third-order valence-corrected chi connectivity index (χ3v) is 3.28. The zero-order chi connectivity index (χ0) is 13.8. The Bertz CT molecular complexity index is 561. The lowest BCUT2D eigenvalue weighted by molar-refractivity contribution is 0.246. The number of pyridine rings is 1. The summed E-state index contributed by atoms with van der Waals surface area (Å²) >= 11 is 0. The van der Waals surface area contributed by atoms with Gasteiger partial charge in [-0.2, -0.15) is 0 Å². The maximum atomic E-state index is 5.90. The van der Waals surface area contributed by atoms with Crippen molar-refractivity contribution >= 4 is 5.82 Å². The largest absolute Gasteiger partial charge is 0.490 e. The molecular formula is C16H18N2O2. The van der Waals surface area contributed by atoms with Crippen LogP contribution in [0.15, 0.2) is 42.6 Å². The van der Waals surface area contributed by atoms with Crippen LogP contribution >= 0.6 is 0 Å². The fourth-order valence-corrected chi connectivity index (χ4v) is 2.37. The number of ether oxygens (including phenoxy) is 2. The topological polar surface area (TPSA) is 43.4 Å². The monoisotopic (exact) mass is 270 g/mol. The molecule has 1 aliphatic heterocycles. The summed E-state index contributed by atoms with van der Waals surface area (Å²) in [4.78, 5) is 4.32. The normalized spacial score (nSPS) is 16.4. The van der Waals surface area contributed by atoms with Crippen molar-refractivity contribution < 1.29 is 9.47 Å². The number of aromatic nitrogens is 1. The number of fused-ring (bicyclic) bond motifs is 1. The average Bonchev–Trinajstić information content (AvgIpc) is 2.89. The molecule has 0 radical (unpaired) electrons. The van der Waals surface area contributed by atoms with Gasteiger partial charge in [0, 0.05) is 12.6 Å². The first-order valence-electron chi connectivity index (χ1n) is 6.93. The summed E-state index contributed by atoms with van der Waals surface area (Å²) in [6, 6.07) is 12.0. The standard InChI is InChI=1S/C16H18N2O2/c1-2-19-15-8-5-9-17-16(15)18-11-13-10-12-6-3-4-7-14(12)20-13/h3-9,13H,2,10-11H2,1H3,(H,17,18). The van der Waals surface area contributed by atoms with Gasteiger partial charge in [0.05, 0.1) is 13.2 Å². The molecule has 4 heteroatoms. The first-order valence-corrected chi connectivity index (χ1v) is 6.93. The Balaban J connectivity index is 1.61. The highest BCUT2D eigenvalue weighted by molar-refractivity contribution is 5.49. The van der Waals surface area contributed by atoms with Crippen LogP contribution in [0.2, 0.25) is 0 Å². The van der Waals surface area contributed by atoms with Crippen LogP contribution < -0.4 is 14.8 Å². The molecule has 2 aromatic rings. The van der Waals surface area contributed by atoms with Crippen LogP contribution in [0.3, 0.4) is 0 Å². The maximum absolute atomic E-state index is 5.90. The van der Waals surface area contributed by atoms with Gasteiger partial charge in [0.1, 0.15) is 11.9 Å². The van der Waals surface area contributed by atoms with E-state index < -0.39 is 0 Å². The van der Waals surface area contributed by atoms with Crippen molar-refractivity contribution in [3.63, 3.8) is 0 Å². The van der Waals surface area contributed by atoms with Gasteiger partial charge in [0.15, 0.2) is 11.6 Å². The lowest BCUT2D eigenvalue weighted by atomic mass is 10.1. The lowest BCUT2D eigenvalue weighted by Crippen LogP contribution is -2.24. The van der Waals surface area contributed by atoms with E-state index in [9.17, 15) is 0 Å². The Hall–Kier alpha value is -2.23. The van der Waals surface area contributed by atoms with Crippen LogP contribution in [0.5, 0.6) is 11.5 Å². The van der Waals surface area contributed by atoms with E-state index in [2.05, 4.69) is 16.4 Å². The molecule has 1 atom stereocenters. The molecule has 104 valence electrons. The number of nitrogens with zero attached hydrogens (tertiary/aromatic N) is 1. The summed E-state index contributed by atoms with van der Waals surface area (Å²) in [7, 11) is 0. The van der Waals surface area contributed by atoms with Gasteiger partial charge >= 0.3 is 0 Å². The fourth-order valence-electron chi connectivity index (χ4n) is 2.37. The van der Waals surface area contributed by atoms with E-state index in [0.29, 0.717) is 13.2 Å². The van der Waals surface area contributed by atoms with E-state index in [0.717, 1.165) is 23.7 Å². The second kappa shape index (κ2) is 5.82. The van der Waals surface area contributed by atoms with Gasteiger partial charge in [-0.1, -0.05) is 18.2 Å². The first-order chi connectivity index (χ1) is 9.86. The zero-order valence-electron chi connectivity index (χ0n) is 11.5. The second-order valence-electron chi connectivity index (χ2n) is 4.72. The van der Waals surface area contributed by atoms with Gasteiger partial charge in [-0.15, -0.1) is 0 Å². The van der Waals surface area contributed by atoms with E-state index in [1.54, 1.807) is 6.20 Å². The zero-order valence-corrected chi connectivity index (χ0v) is 11.5. The minimum atomic E-state index is 0.142. The van der Waals surface area contributed by atoms with Gasteiger partial charge < -0.3 is 14.8 Å². The van der Waals surface area contributed by atoms with E-state index in [4.69, 9.17) is 9.47 Å². The Morgan fingerprint density at radius 3 is 3.05 bits per heavy atom. The summed E-state index contributed by atoms with van der Waals surface area (Å²) in [6.07, 6.45) is 2.83. The van der Waals surface area contributed by atoms with E-state index in [1.165, 1.54) is 5.56 Å². The van der Waals surface area contributed by atoms with Crippen LogP contribution in [-0.2, 0) is 6.42 Å². The minimum Gasteiger partial charge on any atom is -0.490 e. The van der Waals surface area contributed by atoms with Crippen LogP contribution in [0.4, 0.5) is 5.82 Å². The molecule has 2 heterocycles. The number of hydrogen-bond donors (Lipinski definition) is 1. The highest BCUT2D eigenvalue weighted by Crippen LogP contribution is 2.28. The summed E-state index contributed by atoms with van der Waals surface area (Å²) in [5.41, 5.74) is 1.27. The highest BCUT2D eigenvalue weighted by atomic mass is 16.5. The summed E-state index contributed by atoms with van der Waals surface area (Å²) in [5, 5.41) is 3.31. The number of anilines is 1. The van der Waals surface area contributed by atoms with Crippen molar-refractivity contribution in [1.82, 2.24) is 4.98 Å². The minimum absolute atomic E-state index is 0.142. The average molecular weight is 270 g/mol. The Morgan fingerprint density at radius 1 is 1.30 bits per heavy atom. The van der Waals surface area contributed by atoms with Crippen molar-refractivity contribution in [3.8, 4) is 11.5 Å². The van der Waals surface area contributed by atoms with E-state index >= 15 is 0 Å². The van der Waals surface area contributed by atoms with Gasteiger partial charge in [0.2, 0.25) is 0 Å². The molecule has 4 nitrogen and oxygen atoms in total. The van der Waals surface area contributed by atoms with Crippen molar-refractivity contribution in [1.29, 1.82) is 0 Å². The van der Waals surface area contributed by atoms with Crippen LogP contribution in [-0.4, -0.2) is 24.2 Å². The molecule has 1 aromatic carbocycles. The number of para-hydroxylation sites is 1. The Morgan fingerprint density at radius 2 is 2.20 bits per heavy atom. The molecule has 0 fully saturated rings. The predicted octanol–water partition coefficient (Wildman–Crippen LogP) is 2.90. The van der Waals surface area contributed by atoms with Gasteiger partial charge in [-0.05, 0) is 30.7 Å². The van der Waals surface area contributed by atoms with E-state index in [-0.39, 0.29) is 6.10 Å². The molecular weight excluding hydrogens is 252 g/mol. The first kappa shape index (κ1) is 12.8. The third kappa shape index (κ3) is 2.69. The fraction of sp³-hybridized carbons (Fsp3) is 0.312. The molecule has 0 spiro atoms. The number of rotatable bonds is 5. The van der Waals surface area contributed by atoms with Gasteiger partial charge in [0.25, 0.3) is 0 Å². The Labute approximate surface area is 118 Å². The van der Waals surface area contributed by atoms with Crippen molar-refractivity contribution in [2.45, 2.75) is 19.4 Å². The third-order valence-electron chi connectivity index (χ3n) is 3.28. The molecule has 0 bridgehead atoms. The highest BCUT2D eigenvalue weighted by Gasteiger charge is 2.22. The van der Waals surface area contributed by atoms with Crippen molar-refractivity contribution in [3.05, 3.63) is 48.2 Å². The molecule has 1 unspecified atom stereocenters.